The van der Waals surface area contributed by atoms with E-state index in [0.29, 0.717) is 50.2 Å². The van der Waals surface area contributed by atoms with Crippen LogP contribution in [0.15, 0.2) is 12.3 Å². The molecule has 3 heterocycles. The molecule has 10 heteroatoms. The maximum Gasteiger partial charge on any atom is 0.417 e. The third-order valence-electron chi connectivity index (χ3n) is 6.92. The van der Waals surface area contributed by atoms with Gasteiger partial charge < -0.3 is 15.5 Å². The number of amides is 2. The highest BCUT2D eigenvalue weighted by molar-refractivity contribution is 5.85. The van der Waals surface area contributed by atoms with Crippen LogP contribution in [0.25, 0.3) is 0 Å². The molecule has 170 valence electrons. The number of likely N-dealkylation sites (tertiary alicyclic amines) is 1. The fraction of sp³-hybridized carbons (Fsp3) is 0.667. The van der Waals surface area contributed by atoms with Crippen molar-refractivity contribution in [3.8, 4) is 0 Å². The Kier molecular flexibility index (Phi) is 5.49. The minimum atomic E-state index is -4.47. The van der Waals surface area contributed by atoms with Gasteiger partial charge in [0.05, 0.1) is 17.5 Å². The number of hydrogen-bond acceptors (Lipinski definition) is 5. The number of fused-ring (bicyclic) bond motifs is 2. The van der Waals surface area contributed by atoms with Crippen molar-refractivity contribution in [3.63, 3.8) is 0 Å². The summed E-state index contributed by atoms with van der Waals surface area (Å²) < 4.78 is 39.3. The Hall–Kier alpha value is -2.20. The van der Waals surface area contributed by atoms with E-state index in [-0.39, 0.29) is 36.9 Å². The molecule has 1 aromatic heterocycles. The molecule has 0 spiro atoms. The molecule has 0 unspecified atom stereocenters. The first-order chi connectivity index (χ1) is 14.5. The molecule has 1 aliphatic carbocycles. The number of carbonyl (C=O) groups excluding carboxylic acids is 2. The van der Waals surface area contributed by atoms with Crippen molar-refractivity contribution in [3.05, 3.63) is 29.1 Å². The number of pyridine rings is 1. The number of nitrogens with zero attached hydrogens (tertiary/aromatic N) is 4. The van der Waals surface area contributed by atoms with E-state index >= 15 is 0 Å². The smallest absolute Gasteiger partial charge is 0.348 e. The lowest BCUT2D eigenvalue weighted by Crippen LogP contribution is -2.49. The van der Waals surface area contributed by atoms with Gasteiger partial charge in [-0.3, -0.25) is 19.5 Å². The molecule has 2 N–H and O–H groups in total. The van der Waals surface area contributed by atoms with E-state index in [4.69, 9.17) is 5.73 Å². The Morgan fingerprint density at radius 1 is 1.35 bits per heavy atom. The maximum absolute atomic E-state index is 13.7. The second kappa shape index (κ2) is 7.74. The van der Waals surface area contributed by atoms with Crippen molar-refractivity contribution in [1.29, 1.82) is 0 Å². The van der Waals surface area contributed by atoms with Gasteiger partial charge in [-0.25, -0.2) is 0 Å². The van der Waals surface area contributed by atoms with Crippen LogP contribution in [-0.2, 0) is 28.7 Å². The Balaban J connectivity index is 1.55. The van der Waals surface area contributed by atoms with Gasteiger partial charge in [0.2, 0.25) is 11.8 Å². The molecule has 3 atom stereocenters. The van der Waals surface area contributed by atoms with E-state index < -0.39 is 17.2 Å². The van der Waals surface area contributed by atoms with Crippen LogP contribution in [0.4, 0.5) is 13.2 Å². The molecular weight excluding hydrogens is 411 g/mol. The SMILES string of the molecule is CN(C)C(=O)CN1C[C@@H]2C[C@@H](N)C[C@]2(C(=O)N2CCc3ncc(C(F)(F)F)cc3C2)C1. The summed E-state index contributed by atoms with van der Waals surface area (Å²) in [6, 6.07) is 1.02. The predicted octanol–water partition coefficient (Wildman–Crippen LogP) is 1.11. The zero-order valence-electron chi connectivity index (χ0n) is 17.8. The van der Waals surface area contributed by atoms with Gasteiger partial charge in [-0.1, -0.05) is 0 Å². The van der Waals surface area contributed by atoms with Crippen molar-refractivity contribution in [1.82, 2.24) is 19.7 Å². The van der Waals surface area contributed by atoms with E-state index in [1.54, 1.807) is 19.0 Å². The third-order valence-corrected chi connectivity index (χ3v) is 6.92. The van der Waals surface area contributed by atoms with Gasteiger partial charge in [-0.05, 0) is 30.4 Å². The van der Waals surface area contributed by atoms with Crippen LogP contribution in [0.1, 0.15) is 29.7 Å². The van der Waals surface area contributed by atoms with Crippen LogP contribution >= 0.6 is 0 Å². The molecule has 1 saturated heterocycles. The second-order valence-electron chi connectivity index (χ2n) is 9.32. The summed E-state index contributed by atoms with van der Waals surface area (Å²) in [5.74, 6) is -0.0381. The lowest BCUT2D eigenvalue weighted by Gasteiger charge is -2.37. The minimum Gasteiger partial charge on any atom is -0.348 e. The van der Waals surface area contributed by atoms with Gasteiger partial charge >= 0.3 is 6.18 Å². The van der Waals surface area contributed by atoms with Crippen LogP contribution in [0.2, 0.25) is 0 Å². The van der Waals surface area contributed by atoms with Crippen molar-refractivity contribution in [2.45, 2.75) is 38.0 Å². The summed E-state index contributed by atoms with van der Waals surface area (Å²) in [6.45, 7) is 1.86. The number of alkyl halides is 3. The van der Waals surface area contributed by atoms with Crippen molar-refractivity contribution in [2.24, 2.45) is 17.1 Å². The zero-order chi connectivity index (χ0) is 22.6. The molecule has 2 aliphatic heterocycles. The molecule has 1 saturated carbocycles. The summed E-state index contributed by atoms with van der Waals surface area (Å²) in [6.07, 6.45) is -1.94. The number of aromatic nitrogens is 1. The maximum atomic E-state index is 13.7. The molecule has 7 nitrogen and oxygen atoms in total. The Morgan fingerprint density at radius 2 is 2.10 bits per heavy atom. The molecule has 2 amide bonds. The molecule has 0 radical (unpaired) electrons. The molecule has 0 bridgehead atoms. The monoisotopic (exact) mass is 439 g/mol. The molecule has 3 aliphatic rings. The quantitative estimate of drug-likeness (QED) is 0.763. The summed E-state index contributed by atoms with van der Waals surface area (Å²) >= 11 is 0. The Labute approximate surface area is 179 Å². The third kappa shape index (κ3) is 4.03. The highest BCUT2D eigenvalue weighted by Gasteiger charge is 2.58. The fourth-order valence-corrected chi connectivity index (χ4v) is 5.38. The number of nitrogens with two attached hydrogens (primary N) is 1. The first-order valence-corrected chi connectivity index (χ1v) is 10.5. The van der Waals surface area contributed by atoms with E-state index in [2.05, 4.69) is 4.98 Å². The van der Waals surface area contributed by atoms with Crippen molar-refractivity contribution in [2.75, 3.05) is 40.3 Å². The van der Waals surface area contributed by atoms with Gasteiger partial charge in [-0.2, -0.15) is 13.2 Å². The van der Waals surface area contributed by atoms with Crippen molar-refractivity contribution >= 4 is 11.8 Å². The first kappa shape index (κ1) is 22.0. The average Bonchev–Trinajstić information content (AvgIpc) is 3.18. The van der Waals surface area contributed by atoms with Crippen LogP contribution < -0.4 is 5.73 Å². The van der Waals surface area contributed by atoms with Gasteiger partial charge in [0, 0.05) is 64.6 Å². The largest absolute Gasteiger partial charge is 0.417 e. The Morgan fingerprint density at radius 3 is 2.77 bits per heavy atom. The number of hydrogen-bond donors (Lipinski definition) is 1. The van der Waals surface area contributed by atoms with Gasteiger partial charge in [0.15, 0.2) is 0 Å². The van der Waals surface area contributed by atoms with Crippen LogP contribution in [0.3, 0.4) is 0 Å². The minimum absolute atomic E-state index is 0.0236. The molecule has 0 aromatic carbocycles. The van der Waals surface area contributed by atoms with Crippen LogP contribution in [-0.4, -0.2) is 77.8 Å². The molecule has 4 rings (SSSR count). The predicted molar refractivity (Wildman–Crippen MR) is 107 cm³/mol. The van der Waals surface area contributed by atoms with Gasteiger partial charge in [0.25, 0.3) is 0 Å². The second-order valence-corrected chi connectivity index (χ2v) is 9.32. The number of likely N-dealkylation sites (N-methyl/N-ethyl adjacent to an activating group) is 1. The Bertz CT molecular complexity index is 890. The van der Waals surface area contributed by atoms with Crippen LogP contribution in [0, 0.1) is 11.3 Å². The summed E-state index contributed by atoms with van der Waals surface area (Å²) in [4.78, 5) is 35.1. The molecular formula is C21H28F3N5O2. The summed E-state index contributed by atoms with van der Waals surface area (Å²) in [7, 11) is 3.40. The standard InChI is InChI=1S/C21H28F3N5O2/c1-27(2)18(30)11-28-10-15-6-16(25)7-20(15,12-28)19(31)29-4-3-17-13(9-29)5-14(8-26-17)21(22,23)24/h5,8,15-16H,3-4,6-7,9-12,25H2,1-2H3/t15-,16+,20-/m0/s1. The fourth-order valence-electron chi connectivity index (χ4n) is 5.38. The zero-order valence-corrected chi connectivity index (χ0v) is 17.8. The van der Waals surface area contributed by atoms with E-state index in [0.717, 1.165) is 12.3 Å². The molecule has 1 aromatic rings. The topological polar surface area (TPSA) is 82.8 Å². The average molecular weight is 439 g/mol. The normalized spacial score (nSPS) is 28.4. The lowest BCUT2D eigenvalue weighted by molar-refractivity contribution is -0.144. The highest BCUT2D eigenvalue weighted by atomic mass is 19.4. The van der Waals surface area contributed by atoms with Gasteiger partial charge in [-0.15, -0.1) is 0 Å². The van der Waals surface area contributed by atoms with E-state index in [9.17, 15) is 22.8 Å². The first-order valence-electron chi connectivity index (χ1n) is 10.5. The van der Waals surface area contributed by atoms with Crippen LogP contribution in [0.5, 0.6) is 0 Å². The summed E-state index contributed by atoms with van der Waals surface area (Å²) in [5.41, 5.74) is 5.79. The number of carbonyl (C=O) groups is 2. The summed E-state index contributed by atoms with van der Waals surface area (Å²) in [5, 5.41) is 0. The molecule has 2 fully saturated rings. The van der Waals surface area contributed by atoms with E-state index in [1.807, 2.05) is 4.90 Å². The van der Waals surface area contributed by atoms with Crippen molar-refractivity contribution < 1.29 is 22.8 Å². The van der Waals surface area contributed by atoms with E-state index in [1.165, 1.54) is 4.90 Å². The van der Waals surface area contributed by atoms with Gasteiger partial charge in [0.1, 0.15) is 0 Å². The highest BCUT2D eigenvalue weighted by Crippen LogP contribution is 2.49. The number of rotatable bonds is 3. The number of halogens is 3. The lowest BCUT2D eigenvalue weighted by atomic mass is 9.78. The molecule has 31 heavy (non-hydrogen) atoms.